The fraction of sp³-hybridized carbons (Fsp3) is 0. The number of aromatic nitrogens is 1. The molecule has 8 heteroatoms. The van der Waals surface area contributed by atoms with Gasteiger partial charge in [0.25, 0.3) is 5.69 Å². The highest BCUT2D eigenvalue weighted by atomic mass is 79.9. The molecule has 0 bridgehead atoms. The van der Waals surface area contributed by atoms with E-state index in [0.717, 1.165) is 4.47 Å². The summed E-state index contributed by atoms with van der Waals surface area (Å²) in [5, 5.41) is 14.2. The van der Waals surface area contributed by atoms with Crippen molar-refractivity contribution < 1.29 is 4.92 Å². The number of pyridine rings is 1. The van der Waals surface area contributed by atoms with Gasteiger partial charge in [0.15, 0.2) is 0 Å². The summed E-state index contributed by atoms with van der Waals surface area (Å²) >= 11 is 15.0. The van der Waals surface area contributed by atoms with Crippen LogP contribution in [-0.4, -0.2) is 9.91 Å². The minimum Gasteiger partial charge on any atom is -0.339 e. The van der Waals surface area contributed by atoms with Crippen LogP contribution in [0.5, 0.6) is 0 Å². The number of nitrogens with one attached hydrogen (secondary N) is 1. The predicted molar refractivity (Wildman–Crippen MR) is 78.3 cm³/mol. The van der Waals surface area contributed by atoms with E-state index in [1.165, 1.54) is 12.1 Å². The number of hydrogen-bond donors (Lipinski definition) is 1. The average molecular weight is 363 g/mol. The summed E-state index contributed by atoms with van der Waals surface area (Å²) in [7, 11) is 0. The van der Waals surface area contributed by atoms with Gasteiger partial charge in [0.2, 0.25) is 0 Å². The van der Waals surface area contributed by atoms with Crippen molar-refractivity contribution in [2.75, 3.05) is 5.32 Å². The third kappa shape index (κ3) is 3.56. The van der Waals surface area contributed by atoms with Gasteiger partial charge in [-0.2, -0.15) is 0 Å². The first-order chi connectivity index (χ1) is 8.95. The van der Waals surface area contributed by atoms with Crippen LogP contribution in [0.15, 0.2) is 34.8 Å². The molecule has 19 heavy (non-hydrogen) atoms. The molecule has 1 aromatic heterocycles. The van der Waals surface area contributed by atoms with Crippen molar-refractivity contribution in [3.05, 3.63) is 55.1 Å². The quantitative estimate of drug-likeness (QED) is 0.483. The molecule has 0 atom stereocenters. The first kappa shape index (κ1) is 14.0. The molecule has 2 aromatic rings. The molecule has 1 aromatic carbocycles. The van der Waals surface area contributed by atoms with Crippen molar-refractivity contribution in [1.29, 1.82) is 0 Å². The number of nitro groups is 1. The van der Waals surface area contributed by atoms with E-state index in [1.807, 2.05) is 0 Å². The highest BCUT2D eigenvalue weighted by molar-refractivity contribution is 9.10. The number of rotatable bonds is 3. The summed E-state index contributed by atoms with van der Waals surface area (Å²) in [4.78, 5) is 14.2. The Balaban J connectivity index is 2.38. The zero-order valence-corrected chi connectivity index (χ0v) is 12.3. The lowest BCUT2D eigenvalue weighted by Gasteiger charge is -2.08. The van der Waals surface area contributed by atoms with Gasteiger partial charge >= 0.3 is 0 Å². The molecule has 0 fully saturated rings. The van der Waals surface area contributed by atoms with Crippen molar-refractivity contribution in [1.82, 2.24) is 4.98 Å². The van der Waals surface area contributed by atoms with Gasteiger partial charge in [-0.15, -0.1) is 0 Å². The summed E-state index contributed by atoms with van der Waals surface area (Å²) in [6.07, 6.45) is 0. The Morgan fingerprint density at radius 1 is 1.26 bits per heavy atom. The van der Waals surface area contributed by atoms with Crippen LogP contribution in [0.3, 0.4) is 0 Å². The largest absolute Gasteiger partial charge is 0.339 e. The van der Waals surface area contributed by atoms with Gasteiger partial charge < -0.3 is 5.32 Å². The summed E-state index contributed by atoms with van der Waals surface area (Å²) < 4.78 is 0.751. The molecule has 1 heterocycles. The van der Waals surface area contributed by atoms with E-state index in [-0.39, 0.29) is 16.7 Å². The third-order valence-electron chi connectivity index (χ3n) is 2.18. The topological polar surface area (TPSA) is 68.1 Å². The van der Waals surface area contributed by atoms with E-state index >= 15 is 0 Å². The molecule has 0 saturated heterocycles. The Morgan fingerprint density at radius 3 is 2.68 bits per heavy atom. The molecule has 0 aliphatic carbocycles. The van der Waals surface area contributed by atoms with Crippen LogP contribution >= 0.6 is 39.1 Å². The van der Waals surface area contributed by atoms with Gasteiger partial charge in [-0.3, -0.25) is 10.1 Å². The maximum absolute atomic E-state index is 10.7. The Bertz CT molecular complexity index is 652. The second-order valence-corrected chi connectivity index (χ2v) is 5.22. The molecular formula is C11H6BrCl2N3O2. The first-order valence-corrected chi connectivity index (χ1v) is 6.54. The Hall–Kier alpha value is -1.37. The molecule has 1 N–H and O–H groups in total. The summed E-state index contributed by atoms with van der Waals surface area (Å²) in [5.41, 5.74) is 0.497. The molecule has 5 nitrogen and oxygen atoms in total. The Morgan fingerprint density at radius 2 is 2.00 bits per heavy atom. The summed E-state index contributed by atoms with van der Waals surface area (Å²) in [5.74, 6) is 0.266. The number of benzene rings is 1. The minimum atomic E-state index is -0.536. The van der Waals surface area contributed by atoms with Gasteiger partial charge in [-0.25, -0.2) is 4.98 Å². The monoisotopic (exact) mass is 361 g/mol. The molecule has 0 spiro atoms. The highest BCUT2D eigenvalue weighted by Crippen LogP contribution is 2.30. The van der Waals surface area contributed by atoms with Gasteiger partial charge in [0.1, 0.15) is 11.0 Å². The Kier molecular flexibility index (Phi) is 4.24. The zero-order chi connectivity index (χ0) is 14.0. The molecule has 0 saturated carbocycles. The van der Waals surface area contributed by atoms with E-state index in [2.05, 4.69) is 26.2 Å². The summed E-state index contributed by atoms with van der Waals surface area (Å²) in [6.45, 7) is 0. The van der Waals surface area contributed by atoms with Crippen LogP contribution in [0.25, 0.3) is 0 Å². The fourth-order valence-corrected chi connectivity index (χ4v) is 2.10. The van der Waals surface area contributed by atoms with Crippen molar-refractivity contribution in [2.24, 2.45) is 0 Å². The van der Waals surface area contributed by atoms with Gasteiger partial charge in [-0.1, -0.05) is 23.2 Å². The molecule has 2 rings (SSSR count). The first-order valence-electron chi connectivity index (χ1n) is 5.00. The SMILES string of the molecule is O=[N+]([O-])c1cc(Cl)nc(Nc2cc(Cl)ccc2Br)c1. The third-order valence-corrected chi connectivity index (χ3v) is 3.30. The van der Waals surface area contributed by atoms with Gasteiger partial charge in [0.05, 0.1) is 22.7 Å². The average Bonchev–Trinajstić information content (AvgIpc) is 2.33. The molecular weight excluding hydrogens is 357 g/mol. The second kappa shape index (κ2) is 5.73. The van der Waals surface area contributed by atoms with E-state index in [1.54, 1.807) is 18.2 Å². The molecule has 0 aliphatic heterocycles. The Labute approximate surface area is 126 Å². The molecule has 0 unspecified atom stereocenters. The van der Waals surface area contributed by atoms with Crippen molar-refractivity contribution in [3.63, 3.8) is 0 Å². The highest BCUT2D eigenvalue weighted by Gasteiger charge is 2.11. The van der Waals surface area contributed by atoms with Crippen LogP contribution in [0.2, 0.25) is 10.2 Å². The van der Waals surface area contributed by atoms with Crippen LogP contribution in [0.1, 0.15) is 0 Å². The number of nitrogens with zero attached hydrogens (tertiary/aromatic N) is 2. The maximum Gasteiger partial charge on any atom is 0.276 e. The normalized spacial score (nSPS) is 10.3. The molecule has 0 radical (unpaired) electrons. The van der Waals surface area contributed by atoms with Crippen LogP contribution < -0.4 is 5.32 Å². The lowest BCUT2D eigenvalue weighted by Crippen LogP contribution is -1.97. The smallest absolute Gasteiger partial charge is 0.276 e. The second-order valence-electron chi connectivity index (χ2n) is 3.54. The van der Waals surface area contributed by atoms with E-state index in [4.69, 9.17) is 23.2 Å². The van der Waals surface area contributed by atoms with Crippen LogP contribution in [-0.2, 0) is 0 Å². The summed E-state index contributed by atoms with van der Waals surface area (Å²) in [6, 6.07) is 7.60. The van der Waals surface area contributed by atoms with Crippen LogP contribution in [0.4, 0.5) is 17.2 Å². The number of halogens is 3. The maximum atomic E-state index is 10.7. The number of anilines is 2. The standard InChI is InChI=1S/C11H6BrCl2N3O2/c12-8-2-1-6(13)3-9(8)15-11-5-7(17(18)19)4-10(14)16-11/h1-5H,(H,15,16). The van der Waals surface area contributed by atoms with Gasteiger partial charge in [-0.05, 0) is 34.1 Å². The fourth-order valence-electron chi connectivity index (χ4n) is 1.38. The molecule has 0 aliphatic rings. The zero-order valence-electron chi connectivity index (χ0n) is 9.23. The lowest BCUT2D eigenvalue weighted by molar-refractivity contribution is -0.384. The lowest BCUT2D eigenvalue weighted by atomic mass is 10.3. The molecule has 0 amide bonds. The van der Waals surface area contributed by atoms with E-state index in [0.29, 0.717) is 10.7 Å². The van der Waals surface area contributed by atoms with Crippen molar-refractivity contribution in [2.45, 2.75) is 0 Å². The predicted octanol–water partition coefficient (Wildman–Crippen LogP) is 4.80. The van der Waals surface area contributed by atoms with E-state index < -0.39 is 4.92 Å². The van der Waals surface area contributed by atoms with Crippen molar-refractivity contribution >= 4 is 56.3 Å². The molecule has 98 valence electrons. The van der Waals surface area contributed by atoms with Crippen LogP contribution in [0, 0.1) is 10.1 Å². The van der Waals surface area contributed by atoms with Crippen molar-refractivity contribution in [3.8, 4) is 0 Å². The van der Waals surface area contributed by atoms with Gasteiger partial charge in [0, 0.05) is 9.50 Å². The minimum absolute atomic E-state index is 0.0369. The number of hydrogen-bond acceptors (Lipinski definition) is 4. The van der Waals surface area contributed by atoms with E-state index in [9.17, 15) is 10.1 Å².